The summed E-state index contributed by atoms with van der Waals surface area (Å²) in [6.07, 6.45) is 3.34. The molecule has 6 nitrogen and oxygen atoms in total. The van der Waals surface area contributed by atoms with Crippen molar-refractivity contribution in [3.05, 3.63) is 30.1 Å². The van der Waals surface area contributed by atoms with Crippen LogP contribution in [0, 0.1) is 0 Å². The summed E-state index contributed by atoms with van der Waals surface area (Å²) in [5.74, 6) is 0.730. The van der Waals surface area contributed by atoms with E-state index in [0.29, 0.717) is 0 Å². The topological polar surface area (TPSA) is 74.6 Å². The van der Waals surface area contributed by atoms with Crippen molar-refractivity contribution in [1.82, 2.24) is 24.5 Å². The van der Waals surface area contributed by atoms with Crippen molar-refractivity contribution in [2.24, 2.45) is 19.8 Å². The summed E-state index contributed by atoms with van der Waals surface area (Å²) >= 11 is 0. The summed E-state index contributed by atoms with van der Waals surface area (Å²) < 4.78 is 3.54. The Labute approximate surface area is 81.4 Å². The zero-order valence-electron chi connectivity index (χ0n) is 8.12. The van der Waals surface area contributed by atoms with E-state index in [9.17, 15) is 0 Å². The average molecular weight is 192 g/mol. The summed E-state index contributed by atoms with van der Waals surface area (Å²) in [5, 5.41) is 11.8. The van der Waals surface area contributed by atoms with Crippen LogP contribution in [0.5, 0.6) is 0 Å². The number of nitrogens with zero attached hydrogens (tertiary/aromatic N) is 5. The molecule has 14 heavy (non-hydrogen) atoms. The molecule has 0 bridgehead atoms. The van der Waals surface area contributed by atoms with Crippen LogP contribution in [0.25, 0.3) is 0 Å². The van der Waals surface area contributed by atoms with E-state index in [-0.39, 0.29) is 6.04 Å². The highest BCUT2D eigenvalue weighted by Crippen LogP contribution is 2.15. The first-order chi connectivity index (χ1) is 6.70. The third-order valence-corrected chi connectivity index (χ3v) is 2.20. The summed E-state index contributed by atoms with van der Waals surface area (Å²) in [6, 6.07) is 1.59. The number of hydrogen-bond acceptors (Lipinski definition) is 4. The van der Waals surface area contributed by atoms with Gasteiger partial charge in [0.25, 0.3) is 0 Å². The summed E-state index contributed by atoms with van der Waals surface area (Å²) in [7, 11) is 3.72. The molecule has 2 rings (SSSR count). The molecule has 0 aliphatic carbocycles. The van der Waals surface area contributed by atoms with E-state index >= 15 is 0 Å². The molecule has 0 fully saturated rings. The van der Waals surface area contributed by atoms with E-state index in [1.807, 2.05) is 20.2 Å². The van der Waals surface area contributed by atoms with Crippen molar-refractivity contribution in [3.63, 3.8) is 0 Å². The first kappa shape index (κ1) is 8.89. The minimum Gasteiger partial charge on any atom is -0.319 e. The van der Waals surface area contributed by atoms with Crippen molar-refractivity contribution in [2.75, 3.05) is 0 Å². The Morgan fingerprint density at radius 2 is 2.21 bits per heavy atom. The van der Waals surface area contributed by atoms with E-state index in [1.165, 1.54) is 0 Å². The van der Waals surface area contributed by atoms with Crippen LogP contribution >= 0.6 is 0 Å². The van der Waals surface area contributed by atoms with Gasteiger partial charge >= 0.3 is 0 Å². The van der Waals surface area contributed by atoms with Gasteiger partial charge in [-0.25, -0.2) is 0 Å². The van der Waals surface area contributed by atoms with E-state index in [4.69, 9.17) is 5.73 Å². The number of aromatic nitrogens is 5. The number of hydrogen-bond donors (Lipinski definition) is 1. The van der Waals surface area contributed by atoms with Gasteiger partial charge in [-0.05, 0) is 6.07 Å². The van der Waals surface area contributed by atoms with Gasteiger partial charge in [0.1, 0.15) is 12.4 Å². The fraction of sp³-hybridized carbons (Fsp3) is 0.375. The second-order valence-corrected chi connectivity index (χ2v) is 3.16. The lowest BCUT2D eigenvalue weighted by Crippen LogP contribution is -2.19. The average Bonchev–Trinajstić information content (AvgIpc) is 2.73. The summed E-state index contributed by atoms with van der Waals surface area (Å²) in [4.78, 5) is 0. The maximum atomic E-state index is 6.02. The van der Waals surface area contributed by atoms with E-state index in [2.05, 4.69) is 15.3 Å². The zero-order valence-corrected chi connectivity index (χ0v) is 8.12. The molecule has 1 atom stereocenters. The molecule has 0 spiro atoms. The van der Waals surface area contributed by atoms with Gasteiger partial charge in [-0.2, -0.15) is 5.10 Å². The molecule has 2 heterocycles. The standard InChI is InChI=1S/C8H12N6/c1-13-5-10-12-8(13)7(9)6-3-4-11-14(6)2/h3-5,7H,9H2,1-2H3. The van der Waals surface area contributed by atoms with Crippen LogP contribution in [0.15, 0.2) is 18.6 Å². The fourth-order valence-electron chi connectivity index (χ4n) is 1.40. The van der Waals surface area contributed by atoms with Crippen molar-refractivity contribution < 1.29 is 0 Å². The molecule has 0 aliphatic heterocycles. The highest BCUT2D eigenvalue weighted by atomic mass is 15.3. The minimum atomic E-state index is -0.282. The second kappa shape index (κ2) is 3.22. The molecule has 0 amide bonds. The SMILES string of the molecule is Cn1cnnc1C(N)c1ccnn1C. The van der Waals surface area contributed by atoms with Crippen LogP contribution in [-0.4, -0.2) is 24.5 Å². The molecule has 1 unspecified atom stereocenters. The first-order valence-corrected chi connectivity index (χ1v) is 4.27. The van der Waals surface area contributed by atoms with Crippen LogP contribution in [0.4, 0.5) is 0 Å². The van der Waals surface area contributed by atoms with E-state index in [0.717, 1.165) is 11.5 Å². The Morgan fingerprint density at radius 3 is 2.71 bits per heavy atom. The Balaban J connectivity index is 2.38. The Kier molecular flexibility index (Phi) is 2.05. The Hall–Kier alpha value is -1.69. The molecule has 0 aliphatic rings. The van der Waals surface area contributed by atoms with Gasteiger partial charge < -0.3 is 10.3 Å². The van der Waals surface area contributed by atoms with Gasteiger partial charge in [-0.15, -0.1) is 10.2 Å². The van der Waals surface area contributed by atoms with Crippen LogP contribution in [0.2, 0.25) is 0 Å². The van der Waals surface area contributed by atoms with Gasteiger partial charge in [-0.3, -0.25) is 4.68 Å². The van der Waals surface area contributed by atoms with Gasteiger partial charge in [0.2, 0.25) is 0 Å². The van der Waals surface area contributed by atoms with Crippen molar-refractivity contribution >= 4 is 0 Å². The lowest BCUT2D eigenvalue weighted by atomic mass is 10.2. The zero-order chi connectivity index (χ0) is 10.1. The molecule has 6 heteroatoms. The molecular weight excluding hydrogens is 180 g/mol. The van der Waals surface area contributed by atoms with Crippen LogP contribution in [0.3, 0.4) is 0 Å². The molecule has 74 valence electrons. The largest absolute Gasteiger partial charge is 0.319 e. The van der Waals surface area contributed by atoms with E-state index < -0.39 is 0 Å². The number of nitrogens with two attached hydrogens (primary N) is 1. The maximum Gasteiger partial charge on any atom is 0.155 e. The van der Waals surface area contributed by atoms with E-state index in [1.54, 1.807) is 21.8 Å². The molecular formula is C8H12N6. The molecule has 0 saturated heterocycles. The lowest BCUT2D eigenvalue weighted by Gasteiger charge is -2.10. The van der Waals surface area contributed by atoms with Gasteiger partial charge in [0.05, 0.1) is 5.69 Å². The number of rotatable bonds is 2. The molecule has 0 aromatic carbocycles. The monoisotopic (exact) mass is 192 g/mol. The van der Waals surface area contributed by atoms with Gasteiger partial charge in [-0.1, -0.05) is 0 Å². The Morgan fingerprint density at radius 1 is 1.43 bits per heavy atom. The smallest absolute Gasteiger partial charge is 0.155 e. The predicted octanol–water partition coefficient (Wildman–Crippen LogP) is -0.403. The highest BCUT2D eigenvalue weighted by molar-refractivity contribution is 5.15. The van der Waals surface area contributed by atoms with Crippen molar-refractivity contribution in [2.45, 2.75) is 6.04 Å². The minimum absolute atomic E-state index is 0.282. The third kappa shape index (κ3) is 1.29. The van der Waals surface area contributed by atoms with Gasteiger partial charge in [0.15, 0.2) is 5.82 Å². The first-order valence-electron chi connectivity index (χ1n) is 4.27. The third-order valence-electron chi connectivity index (χ3n) is 2.20. The molecule has 2 aromatic heterocycles. The fourth-order valence-corrected chi connectivity index (χ4v) is 1.40. The Bertz CT molecular complexity index is 388. The number of aryl methyl sites for hydroxylation is 2. The van der Waals surface area contributed by atoms with Crippen LogP contribution < -0.4 is 5.73 Å². The lowest BCUT2D eigenvalue weighted by molar-refractivity contribution is 0.630. The summed E-state index contributed by atoms with van der Waals surface area (Å²) in [5.41, 5.74) is 6.94. The molecule has 0 saturated carbocycles. The van der Waals surface area contributed by atoms with Gasteiger partial charge in [0, 0.05) is 20.3 Å². The summed E-state index contributed by atoms with van der Waals surface area (Å²) in [6.45, 7) is 0. The van der Waals surface area contributed by atoms with Crippen LogP contribution in [-0.2, 0) is 14.1 Å². The predicted molar refractivity (Wildman–Crippen MR) is 50.2 cm³/mol. The molecule has 2 aromatic rings. The normalized spacial score (nSPS) is 13.1. The van der Waals surface area contributed by atoms with Crippen molar-refractivity contribution in [3.8, 4) is 0 Å². The van der Waals surface area contributed by atoms with Crippen LogP contribution in [0.1, 0.15) is 17.6 Å². The molecule has 2 N–H and O–H groups in total. The second-order valence-electron chi connectivity index (χ2n) is 3.16. The highest BCUT2D eigenvalue weighted by Gasteiger charge is 2.16. The molecule has 0 radical (unpaired) electrons. The quantitative estimate of drug-likeness (QED) is 0.702. The maximum absolute atomic E-state index is 6.02. The van der Waals surface area contributed by atoms with Crippen molar-refractivity contribution in [1.29, 1.82) is 0 Å².